The Balaban J connectivity index is 2.18. The minimum Gasteiger partial charge on any atom is -0.493 e. The van der Waals surface area contributed by atoms with Gasteiger partial charge in [-0.25, -0.2) is 4.79 Å². The highest BCUT2D eigenvalue weighted by atomic mass is 16.5. The minimum atomic E-state index is -0.548. The third-order valence-electron chi connectivity index (χ3n) is 3.79. The van der Waals surface area contributed by atoms with Gasteiger partial charge in [-0.15, -0.1) is 0 Å². The van der Waals surface area contributed by atoms with Crippen molar-refractivity contribution in [3.8, 4) is 11.5 Å². The van der Waals surface area contributed by atoms with E-state index in [0.717, 1.165) is 11.3 Å². The highest BCUT2D eigenvalue weighted by molar-refractivity contribution is 5.99. The summed E-state index contributed by atoms with van der Waals surface area (Å²) in [6, 6.07) is 10.6. The Labute approximate surface area is 152 Å². The maximum atomic E-state index is 12.2. The molecule has 7 nitrogen and oxygen atoms in total. The lowest BCUT2D eigenvalue weighted by Gasteiger charge is -2.15. The van der Waals surface area contributed by atoms with Crippen LogP contribution in [0.5, 0.6) is 11.5 Å². The van der Waals surface area contributed by atoms with E-state index >= 15 is 0 Å². The number of anilines is 2. The number of hydrogen-bond donors (Lipinski definition) is 2. The maximum Gasteiger partial charge on any atom is 0.340 e. The van der Waals surface area contributed by atoms with E-state index in [2.05, 4.69) is 10.6 Å². The molecule has 138 valence electrons. The van der Waals surface area contributed by atoms with Gasteiger partial charge in [-0.2, -0.15) is 0 Å². The van der Waals surface area contributed by atoms with Crippen LogP contribution in [0.4, 0.5) is 11.4 Å². The normalized spacial score (nSPS) is 10.0. The Morgan fingerprint density at radius 2 is 1.62 bits per heavy atom. The SMILES string of the molecule is COC(=O)c1cc(OC)c(OC)cc1NCC(=O)Nc1ccccc1C. The van der Waals surface area contributed by atoms with E-state index in [1.54, 1.807) is 6.07 Å². The van der Waals surface area contributed by atoms with Crippen molar-refractivity contribution in [3.63, 3.8) is 0 Å². The lowest BCUT2D eigenvalue weighted by Crippen LogP contribution is -2.23. The number of para-hydroxylation sites is 1. The van der Waals surface area contributed by atoms with E-state index in [4.69, 9.17) is 14.2 Å². The van der Waals surface area contributed by atoms with Crippen molar-refractivity contribution in [2.24, 2.45) is 0 Å². The van der Waals surface area contributed by atoms with Gasteiger partial charge in [-0.3, -0.25) is 4.79 Å². The molecular formula is C19H22N2O5. The largest absolute Gasteiger partial charge is 0.493 e. The molecule has 26 heavy (non-hydrogen) atoms. The van der Waals surface area contributed by atoms with Gasteiger partial charge >= 0.3 is 5.97 Å². The molecule has 1 amide bonds. The number of ether oxygens (including phenoxy) is 3. The molecule has 0 spiro atoms. The van der Waals surface area contributed by atoms with Crippen LogP contribution in [0.25, 0.3) is 0 Å². The summed E-state index contributed by atoms with van der Waals surface area (Å²) >= 11 is 0. The number of carbonyl (C=O) groups excluding carboxylic acids is 2. The summed E-state index contributed by atoms with van der Waals surface area (Å²) in [5.41, 5.74) is 2.35. The van der Waals surface area contributed by atoms with Crippen molar-refractivity contribution in [2.45, 2.75) is 6.92 Å². The molecule has 2 aromatic carbocycles. The van der Waals surface area contributed by atoms with Crippen molar-refractivity contribution in [2.75, 3.05) is 38.5 Å². The number of amides is 1. The lowest BCUT2D eigenvalue weighted by atomic mass is 10.1. The summed E-state index contributed by atoms with van der Waals surface area (Å²) in [5.74, 6) is 0.0300. The third kappa shape index (κ3) is 4.44. The van der Waals surface area contributed by atoms with E-state index in [0.29, 0.717) is 17.2 Å². The first-order valence-corrected chi connectivity index (χ1v) is 7.93. The Morgan fingerprint density at radius 3 is 2.23 bits per heavy atom. The zero-order valence-corrected chi connectivity index (χ0v) is 15.2. The Hall–Kier alpha value is -3.22. The topological polar surface area (TPSA) is 85.9 Å². The molecule has 0 unspecified atom stereocenters. The van der Waals surface area contributed by atoms with Crippen molar-refractivity contribution < 1.29 is 23.8 Å². The van der Waals surface area contributed by atoms with Gasteiger partial charge in [0.15, 0.2) is 11.5 Å². The average Bonchev–Trinajstić information content (AvgIpc) is 2.66. The summed E-state index contributed by atoms with van der Waals surface area (Å²) in [7, 11) is 4.25. The van der Waals surface area contributed by atoms with Crippen molar-refractivity contribution in [1.82, 2.24) is 0 Å². The molecule has 0 aliphatic carbocycles. The Bertz CT molecular complexity index is 805. The molecule has 0 aliphatic heterocycles. The summed E-state index contributed by atoms with van der Waals surface area (Å²) in [6.07, 6.45) is 0. The van der Waals surface area contributed by atoms with E-state index in [9.17, 15) is 9.59 Å². The van der Waals surface area contributed by atoms with Crippen LogP contribution in [0.2, 0.25) is 0 Å². The number of methoxy groups -OCH3 is 3. The van der Waals surface area contributed by atoms with Crippen LogP contribution in [-0.2, 0) is 9.53 Å². The van der Waals surface area contributed by atoms with Gasteiger partial charge in [-0.05, 0) is 18.6 Å². The van der Waals surface area contributed by atoms with Crippen molar-refractivity contribution >= 4 is 23.3 Å². The fourth-order valence-electron chi connectivity index (χ4n) is 2.39. The molecule has 0 aliphatic rings. The predicted molar refractivity (Wildman–Crippen MR) is 99.2 cm³/mol. The average molecular weight is 358 g/mol. The number of aryl methyl sites for hydroxylation is 1. The number of carbonyl (C=O) groups is 2. The van der Waals surface area contributed by atoms with E-state index in [-0.39, 0.29) is 18.0 Å². The lowest BCUT2D eigenvalue weighted by molar-refractivity contribution is -0.114. The molecule has 7 heteroatoms. The number of hydrogen-bond acceptors (Lipinski definition) is 6. The smallest absolute Gasteiger partial charge is 0.340 e. The first-order valence-electron chi connectivity index (χ1n) is 7.93. The molecule has 2 aromatic rings. The molecule has 0 fully saturated rings. The third-order valence-corrected chi connectivity index (χ3v) is 3.79. The second kappa shape index (κ2) is 8.75. The predicted octanol–water partition coefficient (Wildman–Crippen LogP) is 2.85. The van der Waals surface area contributed by atoms with E-state index < -0.39 is 5.97 Å². The maximum absolute atomic E-state index is 12.2. The molecule has 0 saturated carbocycles. The zero-order chi connectivity index (χ0) is 19.1. The van der Waals surface area contributed by atoms with Gasteiger partial charge in [0.2, 0.25) is 5.91 Å². The zero-order valence-electron chi connectivity index (χ0n) is 15.2. The fraction of sp³-hybridized carbons (Fsp3) is 0.263. The standard InChI is InChI=1S/C19H22N2O5/c1-12-7-5-6-8-14(12)21-18(22)11-20-15-10-17(25-3)16(24-2)9-13(15)19(23)26-4/h5-10,20H,11H2,1-4H3,(H,21,22). The van der Waals surface area contributed by atoms with Gasteiger partial charge in [0.1, 0.15) is 0 Å². The summed E-state index contributed by atoms with van der Waals surface area (Å²) < 4.78 is 15.2. The quantitative estimate of drug-likeness (QED) is 0.740. The first-order chi connectivity index (χ1) is 12.5. The Morgan fingerprint density at radius 1 is 0.962 bits per heavy atom. The number of esters is 1. The summed E-state index contributed by atoms with van der Waals surface area (Å²) in [4.78, 5) is 24.2. The van der Waals surface area contributed by atoms with Crippen LogP contribution in [0.3, 0.4) is 0 Å². The number of rotatable bonds is 7. The van der Waals surface area contributed by atoms with Gasteiger partial charge < -0.3 is 24.8 Å². The fourth-order valence-corrected chi connectivity index (χ4v) is 2.39. The highest BCUT2D eigenvalue weighted by Gasteiger charge is 2.18. The van der Waals surface area contributed by atoms with Crippen LogP contribution in [0, 0.1) is 6.92 Å². The van der Waals surface area contributed by atoms with Crippen molar-refractivity contribution in [3.05, 3.63) is 47.5 Å². The van der Waals surface area contributed by atoms with Gasteiger partial charge in [0.25, 0.3) is 0 Å². The minimum absolute atomic E-state index is 0.0339. The molecule has 2 rings (SSSR count). The van der Waals surface area contributed by atoms with Gasteiger partial charge in [-0.1, -0.05) is 18.2 Å². The summed E-state index contributed by atoms with van der Waals surface area (Å²) in [6.45, 7) is 1.88. The van der Waals surface area contributed by atoms with Crippen LogP contribution < -0.4 is 20.1 Å². The monoisotopic (exact) mass is 358 g/mol. The van der Waals surface area contributed by atoms with Crippen LogP contribution in [0.1, 0.15) is 15.9 Å². The van der Waals surface area contributed by atoms with E-state index in [1.807, 2.05) is 31.2 Å². The van der Waals surface area contributed by atoms with Crippen molar-refractivity contribution in [1.29, 1.82) is 0 Å². The van der Waals surface area contributed by atoms with Crippen LogP contribution >= 0.6 is 0 Å². The molecule has 0 radical (unpaired) electrons. The number of nitrogens with one attached hydrogen (secondary N) is 2. The molecule has 0 aromatic heterocycles. The second-order valence-corrected chi connectivity index (χ2v) is 5.46. The highest BCUT2D eigenvalue weighted by Crippen LogP contribution is 2.33. The van der Waals surface area contributed by atoms with E-state index in [1.165, 1.54) is 27.4 Å². The molecule has 2 N–H and O–H groups in total. The first kappa shape index (κ1) is 19.1. The van der Waals surface area contributed by atoms with Gasteiger partial charge in [0.05, 0.1) is 39.1 Å². The van der Waals surface area contributed by atoms with Crippen LogP contribution in [0.15, 0.2) is 36.4 Å². The molecular weight excluding hydrogens is 336 g/mol. The Kier molecular flexibility index (Phi) is 6.43. The van der Waals surface area contributed by atoms with Gasteiger partial charge in [0, 0.05) is 17.8 Å². The molecule has 0 bridgehead atoms. The summed E-state index contributed by atoms with van der Waals surface area (Å²) in [5, 5.41) is 5.77. The number of benzene rings is 2. The molecule has 0 atom stereocenters. The second-order valence-electron chi connectivity index (χ2n) is 5.46. The molecule has 0 heterocycles. The van der Waals surface area contributed by atoms with Crippen LogP contribution in [-0.4, -0.2) is 39.8 Å². The molecule has 0 saturated heterocycles.